The zero-order chi connectivity index (χ0) is 8.39. The van der Waals surface area contributed by atoms with E-state index in [9.17, 15) is 0 Å². The number of hydrogen-bond acceptors (Lipinski definition) is 1. The van der Waals surface area contributed by atoms with Crippen molar-refractivity contribution < 1.29 is 0 Å². The molecule has 2 heteroatoms. The highest BCUT2D eigenvalue weighted by molar-refractivity contribution is 5.19. The van der Waals surface area contributed by atoms with E-state index in [0.29, 0.717) is 0 Å². The van der Waals surface area contributed by atoms with Gasteiger partial charge >= 0.3 is 0 Å². The van der Waals surface area contributed by atoms with Gasteiger partial charge in [0.2, 0.25) is 0 Å². The molecule has 12 heavy (non-hydrogen) atoms. The van der Waals surface area contributed by atoms with E-state index in [1.54, 1.807) is 0 Å². The Morgan fingerprint density at radius 2 is 2.25 bits per heavy atom. The number of fused-ring (bicyclic) bond motifs is 1. The lowest BCUT2D eigenvalue weighted by molar-refractivity contribution is 0.590. The first-order valence-corrected chi connectivity index (χ1v) is 4.95. The molecular formula is C10H16N2. The molecule has 1 aromatic rings. The SMILES string of the molecule is CCCn1cc2c(n1)CCCC2. The third kappa shape index (κ3) is 1.38. The second-order valence-corrected chi connectivity index (χ2v) is 3.57. The van der Waals surface area contributed by atoms with Crippen LogP contribution in [0.2, 0.25) is 0 Å². The maximum atomic E-state index is 4.56. The molecule has 0 N–H and O–H groups in total. The highest BCUT2D eigenvalue weighted by Gasteiger charge is 2.12. The smallest absolute Gasteiger partial charge is 0.0656 e. The van der Waals surface area contributed by atoms with Crippen molar-refractivity contribution in [1.82, 2.24) is 9.78 Å². The Balaban J connectivity index is 2.20. The van der Waals surface area contributed by atoms with Crippen LogP contribution in [0.3, 0.4) is 0 Å². The summed E-state index contributed by atoms with van der Waals surface area (Å²) in [5.41, 5.74) is 2.85. The Morgan fingerprint density at radius 1 is 1.42 bits per heavy atom. The Labute approximate surface area is 73.6 Å². The van der Waals surface area contributed by atoms with Crippen molar-refractivity contribution in [1.29, 1.82) is 0 Å². The first-order chi connectivity index (χ1) is 5.90. The van der Waals surface area contributed by atoms with Gasteiger partial charge in [-0.05, 0) is 37.7 Å². The second kappa shape index (κ2) is 3.30. The lowest BCUT2D eigenvalue weighted by Gasteiger charge is -2.06. The molecule has 0 saturated carbocycles. The van der Waals surface area contributed by atoms with Gasteiger partial charge in [0.05, 0.1) is 5.69 Å². The van der Waals surface area contributed by atoms with Crippen LogP contribution in [-0.4, -0.2) is 9.78 Å². The fourth-order valence-electron chi connectivity index (χ4n) is 1.87. The quantitative estimate of drug-likeness (QED) is 0.655. The molecule has 0 saturated heterocycles. The Bertz CT molecular complexity index is 239. The number of nitrogens with zero attached hydrogens (tertiary/aromatic N) is 2. The minimum atomic E-state index is 1.08. The van der Waals surface area contributed by atoms with Gasteiger partial charge in [0.25, 0.3) is 0 Å². The number of rotatable bonds is 2. The molecule has 1 heterocycles. The molecule has 0 radical (unpaired) electrons. The molecule has 0 bridgehead atoms. The van der Waals surface area contributed by atoms with Crippen molar-refractivity contribution in [2.24, 2.45) is 0 Å². The average Bonchev–Trinajstić information content (AvgIpc) is 2.47. The topological polar surface area (TPSA) is 17.8 Å². The summed E-state index contributed by atoms with van der Waals surface area (Å²) in [6.45, 7) is 3.27. The minimum Gasteiger partial charge on any atom is -0.272 e. The Hall–Kier alpha value is -0.790. The molecule has 0 spiro atoms. The number of aryl methyl sites for hydroxylation is 3. The molecule has 66 valence electrons. The van der Waals surface area contributed by atoms with Crippen molar-refractivity contribution >= 4 is 0 Å². The lowest BCUT2D eigenvalue weighted by atomic mass is 9.99. The van der Waals surface area contributed by atoms with E-state index < -0.39 is 0 Å². The highest BCUT2D eigenvalue weighted by atomic mass is 15.3. The molecule has 0 aromatic carbocycles. The molecule has 1 aliphatic carbocycles. The van der Waals surface area contributed by atoms with Crippen molar-refractivity contribution in [2.45, 2.75) is 45.6 Å². The summed E-state index contributed by atoms with van der Waals surface area (Å²) in [4.78, 5) is 0. The minimum absolute atomic E-state index is 1.08. The fourth-order valence-corrected chi connectivity index (χ4v) is 1.87. The van der Waals surface area contributed by atoms with E-state index in [1.165, 1.54) is 43.4 Å². The lowest BCUT2D eigenvalue weighted by Crippen LogP contribution is -2.00. The van der Waals surface area contributed by atoms with Crippen molar-refractivity contribution in [2.75, 3.05) is 0 Å². The third-order valence-electron chi connectivity index (χ3n) is 2.49. The van der Waals surface area contributed by atoms with Crippen molar-refractivity contribution in [3.8, 4) is 0 Å². The van der Waals surface area contributed by atoms with Gasteiger partial charge in [-0.25, -0.2) is 0 Å². The summed E-state index contributed by atoms with van der Waals surface area (Å²) in [7, 11) is 0. The predicted octanol–water partition coefficient (Wildman–Crippen LogP) is 2.17. The van der Waals surface area contributed by atoms with Crippen LogP contribution in [0.15, 0.2) is 6.20 Å². The normalized spacial score (nSPS) is 16.1. The van der Waals surface area contributed by atoms with Crippen LogP contribution < -0.4 is 0 Å². The molecule has 1 aliphatic rings. The Kier molecular flexibility index (Phi) is 2.15. The molecule has 2 rings (SSSR count). The summed E-state index contributed by atoms with van der Waals surface area (Å²) in [6, 6.07) is 0. The average molecular weight is 164 g/mol. The van der Waals surface area contributed by atoms with Crippen molar-refractivity contribution in [3.05, 3.63) is 17.5 Å². The van der Waals surface area contributed by atoms with Gasteiger partial charge in [0.1, 0.15) is 0 Å². The molecule has 2 nitrogen and oxygen atoms in total. The van der Waals surface area contributed by atoms with Crippen LogP contribution >= 0.6 is 0 Å². The molecule has 0 amide bonds. The van der Waals surface area contributed by atoms with E-state index in [4.69, 9.17) is 0 Å². The van der Waals surface area contributed by atoms with Gasteiger partial charge in [-0.2, -0.15) is 5.10 Å². The molecule has 0 fully saturated rings. The van der Waals surface area contributed by atoms with Crippen LogP contribution in [0.1, 0.15) is 37.4 Å². The van der Waals surface area contributed by atoms with Crippen LogP contribution in [0.5, 0.6) is 0 Å². The molecule has 1 aromatic heterocycles. The maximum absolute atomic E-state index is 4.56. The van der Waals surface area contributed by atoms with Crippen LogP contribution in [-0.2, 0) is 19.4 Å². The van der Waals surface area contributed by atoms with Gasteiger partial charge in [-0.15, -0.1) is 0 Å². The van der Waals surface area contributed by atoms with Gasteiger partial charge in [0.15, 0.2) is 0 Å². The predicted molar refractivity (Wildman–Crippen MR) is 49.2 cm³/mol. The largest absolute Gasteiger partial charge is 0.272 e. The zero-order valence-corrected chi connectivity index (χ0v) is 7.71. The first-order valence-electron chi connectivity index (χ1n) is 4.95. The summed E-state index contributed by atoms with van der Waals surface area (Å²) in [5.74, 6) is 0. The molecular weight excluding hydrogens is 148 g/mol. The highest BCUT2D eigenvalue weighted by Crippen LogP contribution is 2.19. The summed E-state index contributed by atoms with van der Waals surface area (Å²) >= 11 is 0. The summed E-state index contributed by atoms with van der Waals surface area (Å²) in [5, 5.41) is 4.56. The third-order valence-corrected chi connectivity index (χ3v) is 2.49. The number of aromatic nitrogens is 2. The van der Waals surface area contributed by atoms with Crippen molar-refractivity contribution in [3.63, 3.8) is 0 Å². The van der Waals surface area contributed by atoms with E-state index >= 15 is 0 Å². The van der Waals surface area contributed by atoms with Gasteiger partial charge in [-0.3, -0.25) is 4.68 Å². The van der Waals surface area contributed by atoms with Crippen LogP contribution in [0.25, 0.3) is 0 Å². The van der Waals surface area contributed by atoms with Gasteiger partial charge in [0, 0.05) is 12.7 Å². The molecule has 0 unspecified atom stereocenters. The molecule has 0 atom stereocenters. The fraction of sp³-hybridized carbons (Fsp3) is 0.700. The van der Waals surface area contributed by atoms with E-state index in [2.05, 4.69) is 22.9 Å². The van der Waals surface area contributed by atoms with Crippen LogP contribution in [0.4, 0.5) is 0 Å². The number of hydrogen-bond donors (Lipinski definition) is 0. The van der Waals surface area contributed by atoms with E-state index in [1.807, 2.05) is 0 Å². The van der Waals surface area contributed by atoms with E-state index in [-0.39, 0.29) is 0 Å². The van der Waals surface area contributed by atoms with Crippen LogP contribution in [0, 0.1) is 0 Å². The zero-order valence-electron chi connectivity index (χ0n) is 7.71. The maximum Gasteiger partial charge on any atom is 0.0656 e. The standard InChI is InChI=1S/C10H16N2/c1-2-7-12-8-9-5-3-4-6-10(9)11-12/h8H,2-7H2,1H3. The summed E-state index contributed by atoms with van der Waals surface area (Å²) in [6.07, 6.45) is 8.55. The summed E-state index contributed by atoms with van der Waals surface area (Å²) < 4.78 is 2.11. The monoisotopic (exact) mass is 164 g/mol. The Morgan fingerprint density at radius 3 is 3.00 bits per heavy atom. The van der Waals surface area contributed by atoms with E-state index in [0.717, 1.165) is 6.54 Å². The first kappa shape index (κ1) is 7.84. The van der Waals surface area contributed by atoms with Gasteiger partial charge in [-0.1, -0.05) is 6.92 Å². The molecule has 0 aliphatic heterocycles. The van der Waals surface area contributed by atoms with Gasteiger partial charge < -0.3 is 0 Å². The second-order valence-electron chi connectivity index (χ2n) is 3.57.